The number of anilines is 1. The number of nitrogens with zero attached hydrogens (tertiary/aromatic N) is 3. The number of rotatable bonds is 4. The van der Waals surface area contributed by atoms with Crippen LogP contribution in [0.4, 0.5) is 5.82 Å². The summed E-state index contributed by atoms with van der Waals surface area (Å²) in [6, 6.07) is 2.44. The number of hydrogen-bond donors (Lipinski definition) is 0. The van der Waals surface area contributed by atoms with Crippen LogP contribution in [0.1, 0.15) is 20.3 Å². The molecule has 0 aromatic carbocycles. The van der Waals surface area contributed by atoms with Crippen molar-refractivity contribution in [1.82, 2.24) is 9.97 Å². The molecule has 0 aliphatic carbocycles. The number of aromatic nitrogens is 2. The normalized spacial score (nSPS) is 24.1. The zero-order valence-corrected chi connectivity index (χ0v) is 11.9. The van der Waals surface area contributed by atoms with Crippen LogP contribution in [0.2, 0.25) is 0 Å². The fourth-order valence-corrected chi connectivity index (χ4v) is 3.23. The van der Waals surface area contributed by atoms with Crippen LogP contribution in [0.25, 0.3) is 0 Å². The van der Waals surface area contributed by atoms with Crippen molar-refractivity contribution in [1.29, 1.82) is 0 Å². The number of halogens is 1. The quantitative estimate of drug-likeness (QED) is 0.801. The lowest BCUT2D eigenvalue weighted by Crippen LogP contribution is -2.34. The molecular weight excluding hydrogens is 282 g/mol. The summed E-state index contributed by atoms with van der Waals surface area (Å²) in [5, 5.41) is 0.974. The Morgan fingerprint density at radius 2 is 2.35 bits per heavy atom. The Morgan fingerprint density at radius 3 is 3.06 bits per heavy atom. The summed E-state index contributed by atoms with van der Waals surface area (Å²) in [5.41, 5.74) is 0. The van der Waals surface area contributed by atoms with E-state index in [1.54, 1.807) is 6.33 Å². The Labute approximate surface area is 111 Å². The van der Waals surface area contributed by atoms with Gasteiger partial charge in [0.25, 0.3) is 0 Å². The fourth-order valence-electron chi connectivity index (χ4n) is 2.24. The van der Waals surface area contributed by atoms with E-state index in [0.29, 0.717) is 24.4 Å². The molecular formula is C12H18BrN3O. The Bertz CT molecular complexity index is 375. The van der Waals surface area contributed by atoms with E-state index in [0.717, 1.165) is 17.7 Å². The summed E-state index contributed by atoms with van der Waals surface area (Å²) in [6.07, 6.45) is 2.79. The highest BCUT2D eigenvalue weighted by Crippen LogP contribution is 2.30. The standard InChI is InChI=1S/C12H18BrN3O/c1-3-17-12-6-11(14-8-15-12)16-5-4-9(2)10(16)7-13/h6,8-10H,3-5,7H2,1-2H3. The average Bonchev–Trinajstić information content (AvgIpc) is 2.71. The fraction of sp³-hybridized carbons (Fsp3) is 0.667. The molecule has 2 rings (SSSR count). The van der Waals surface area contributed by atoms with Crippen LogP contribution in [-0.4, -0.2) is 34.5 Å². The Hall–Kier alpha value is -0.840. The third kappa shape index (κ3) is 2.70. The maximum absolute atomic E-state index is 5.41. The van der Waals surface area contributed by atoms with Crippen LogP contribution in [-0.2, 0) is 0 Å². The van der Waals surface area contributed by atoms with Gasteiger partial charge in [0.05, 0.1) is 6.61 Å². The van der Waals surface area contributed by atoms with E-state index < -0.39 is 0 Å². The molecule has 0 N–H and O–H groups in total. The van der Waals surface area contributed by atoms with Gasteiger partial charge >= 0.3 is 0 Å². The second-order valence-electron chi connectivity index (χ2n) is 4.33. The number of alkyl halides is 1. The topological polar surface area (TPSA) is 38.2 Å². The molecule has 1 fully saturated rings. The largest absolute Gasteiger partial charge is 0.478 e. The van der Waals surface area contributed by atoms with Crippen molar-refractivity contribution in [2.75, 3.05) is 23.4 Å². The highest BCUT2D eigenvalue weighted by Gasteiger charge is 2.31. The minimum atomic E-state index is 0.513. The zero-order valence-electron chi connectivity index (χ0n) is 10.3. The van der Waals surface area contributed by atoms with Gasteiger partial charge in [0, 0.05) is 24.0 Å². The molecule has 2 heterocycles. The van der Waals surface area contributed by atoms with E-state index in [9.17, 15) is 0 Å². The number of ether oxygens (including phenoxy) is 1. The van der Waals surface area contributed by atoms with E-state index in [2.05, 4.69) is 37.7 Å². The monoisotopic (exact) mass is 299 g/mol. The molecule has 2 atom stereocenters. The molecule has 0 spiro atoms. The van der Waals surface area contributed by atoms with Crippen molar-refractivity contribution in [2.24, 2.45) is 5.92 Å². The summed E-state index contributed by atoms with van der Waals surface area (Å²) < 4.78 is 5.41. The minimum Gasteiger partial charge on any atom is -0.478 e. The lowest BCUT2D eigenvalue weighted by molar-refractivity contribution is 0.326. The molecule has 17 heavy (non-hydrogen) atoms. The molecule has 0 radical (unpaired) electrons. The predicted molar refractivity (Wildman–Crippen MR) is 71.9 cm³/mol. The van der Waals surface area contributed by atoms with Gasteiger partial charge < -0.3 is 9.64 Å². The first kappa shape index (κ1) is 12.6. The second-order valence-corrected chi connectivity index (χ2v) is 4.98. The molecule has 1 aliphatic rings. The first-order valence-electron chi connectivity index (χ1n) is 6.03. The highest BCUT2D eigenvalue weighted by molar-refractivity contribution is 9.09. The molecule has 1 aromatic rings. The third-order valence-electron chi connectivity index (χ3n) is 3.25. The zero-order chi connectivity index (χ0) is 12.3. The molecule has 1 aromatic heterocycles. The van der Waals surface area contributed by atoms with Crippen LogP contribution in [0.3, 0.4) is 0 Å². The summed E-state index contributed by atoms with van der Waals surface area (Å²) in [7, 11) is 0. The van der Waals surface area contributed by atoms with Crippen LogP contribution in [0.5, 0.6) is 5.88 Å². The van der Waals surface area contributed by atoms with Crippen molar-refractivity contribution in [2.45, 2.75) is 26.3 Å². The summed E-state index contributed by atoms with van der Waals surface area (Å²) in [5.74, 6) is 2.32. The van der Waals surface area contributed by atoms with E-state index in [1.807, 2.05) is 13.0 Å². The van der Waals surface area contributed by atoms with Crippen molar-refractivity contribution < 1.29 is 4.74 Å². The molecule has 0 bridgehead atoms. The first-order chi connectivity index (χ1) is 8.26. The molecule has 4 nitrogen and oxygen atoms in total. The van der Waals surface area contributed by atoms with Crippen molar-refractivity contribution in [3.63, 3.8) is 0 Å². The van der Waals surface area contributed by atoms with Crippen molar-refractivity contribution in [3.05, 3.63) is 12.4 Å². The van der Waals surface area contributed by atoms with Gasteiger partial charge in [0.15, 0.2) is 0 Å². The van der Waals surface area contributed by atoms with Gasteiger partial charge in [-0.3, -0.25) is 0 Å². The molecule has 2 unspecified atom stereocenters. The lowest BCUT2D eigenvalue weighted by Gasteiger charge is -2.26. The van der Waals surface area contributed by atoms with E-state index in [-0.39, 0.29) is 0 Å². The smallest absolute Gasteiger partial charge is 0.218 e. The van der Waals surface area contributed by atoms with Gasteiger partial charge in [-0.2, -0.15) is 0 Å². The average molecular weight is 300 g/mol. The maximum atomic E-state index is 5.41. The predicted octanol–water partition coefficient (Wildman–Crippen LogP) is 2.49. The first-order valence-corrected chi connectivity index (χ1v) is 7.15. The minimum absolute atomic E-state index is 0.513. The summed E-state index contributed by atoms with van der Waals surface area (Å²) in [6.45, 7) is 5.94. The van der Waals surface area contributed by atoms with Gasteiger partial charge in [0.1, 0.15) is 12.1 Å². The van der Waals surface area contributed by atoms with Crippen LogP contribution in [0, 0.1) is 5.92 Å². The molecule has 0 amide bonds. The van der Waals surface area contributed by atoms with Gasteiger partial charge in [-0.1, -0.05) is 22.9 Å². The Morgan fingerprint density at radius 1 is 1.53 bits per heavy atom. The number of hydrogen-bond acceptors (Lipinski definition) is 4. The SMILES string of the molecule is CCOc1cc(N2CCC(C)C2CBr)ncn1. The summed E-state index contributed by atoms with van der Waals surface area (Å²) in [4.78, 5) is 10.8. The highest BCUT2D eigenvalue weighted by atomic mass is 79.9. The Kier molecular flexibility index (Phi) is 4.20. The van der Waals surface area contributed by atoms with E-state index in [4.69, 9.17) is 4.74 Å². The van der Waals surface area contributed by atoms with Crippen molar-refractivity contribution in [3.8, 4) is 5.88 Å². The van der Waals surface area contributed by atoms with Gasteiger partial charge in [-0.25, -0.2) is 9.97 Å². The molecule has 1 aliphatic heterocycles. The van der Waals surface area contributed by atoms with Gasteiger partial charge in [-0.15, -0.1) is 0 Å². The van der Waals surface area contributed by atoms with Crippen LogP contribution < -0.4 is 9.64 Å². The molecule has 5 heteroatoms. The second kappa shape index (κ2) is 5.67. The van der Waals surface area contributed by atoms with Crippen LogP contribution in [0.15, 0.2) is 12.4 Å². The molecule has 1 saturated heterocycles. The van der Waals surface area contributed by atoms with Crippen molar-refractivity contribution >= 4 is 21.7 Å². The molecule has 0 saturated carbocycles. The maximum Gasteiger partial charge on any atom is 0.218 e. The third-order valence-corrected chi connectivity index (χ3v) is 3.92. The molecule has 94 valence electrons. The van der Waals surface area contributed by atoms with E-state index in [1.165, 1.54) is 6.42 Å². The van der Waals surface area contributed by atoms with Crippen LogP contribution >= 0.6 is 15.9 Å². The van der Waals surface area contributed by atoms with Gasteiger partial charge in [-0.05, 0) is 19.3 Å². The van der Waals surface area contributed by atoms with Gasteiger partial charge in [0.2, 0.25) is 5.88 Å². The summed E-state index contributed by atoms with van der Waals surface area (Å²) >= 11 is 3.59. The Balaban J connectivity index is 2.18. The van der Waals surface area contributed by atoms with E-state index >= 15 is 0 Å². The lowest BCUT2D eigenvalue weighted by atomic mass is 10.1.